The van der Waals surface area contributed by atoms with E-state index in [1.165, 1.54) is 0 Å². The number of nitrogens with zero attached hydrogens (tertiary/aromatic N) is 2. The van der Waals surface area contributed by atoms with Crippen molar-refractivity contribution in [2.24, 2.45) is 5.41 Å². The van der Waals surface area contributed by atoms with Gasteiger partial charge in [-0.25, -0.2) is 4.98 Å². The molecule has 0 aliphatic carbocycles. The summed E-state index contributed by atoms with van der Waals surface area (Å²) in [6.45, 7) is 8.46. The number of imidazole rings is 1. The van der Waals surface area contributed by atoms with Crippen molar-refractivity contribution in [1.29, 1.82) is 0 Å². The number of aryl methyl sites for hydroxylation is 1. The summed E-state index contributed by atoms with van der Waals surface area (Å²) in [7, 11) is -4.11. The molecule has 9 heteroatoms. The number of rotatable bonds is 12. The summed E-state index contributed by atoms with van der Waals surface area (Å²) < 4.78 is 32.9. The summed E-state index contributed by atoms with van der Waals surface area (Å²) in [6, 6.07) is 26.7. The fourth-order valence-electron chi connectivity index (χ4n) is 5.35. The molecule has 0 spiro atoms. The van der Waals surface area contributed by atoms with Crippen molar-refractivity contribution in [3.8, 4) is 11.3 Å². The van der Waals surface area contributed by atoms with E-state index in [9.17, 15) is 18.0 Å². The van der Waals surface area contributed by atoms with Crippen LogP contribution in [0.25, 0.3) is 23.0 Å². The highest BCUT2D eigenvalue weighted by molar-refractivity contribution is 7.85. The number of carbonyl (C=O) groups is 2. The third-order valence-electron chi connectivity index (χ3n) is 8.02. The molecule has 2 aromatic heterocycles. The number of pyridine rings is 1. The first-order valence-corrected chi connectivity index (χ1v) is 17.6. The van der Waals surface area contributed by atoms with Crippen LogP contribution < -0.4 is 5.32 Å². The summed E-state index contributed by atoms with van der Waals surface area (Å²) in [5, 5.41) is 3.10. The van der Waals surface area contributed by atoms with Crippen LogP contribution in [0.5, 0.6) is 0 Å². The number of ketones is 1. The van der Waals surface area contributed by atoms with Gasteiger partial charge >= 0.3 is 0 Å². The molecule has 0 aliphatic heterocycles. The third-order valence-corrected chi connectivity index (χ3v) is 8.82. The number of carbonyl (C=O) groups excluding carboxylic acids is 2. The minimum Gasteiger partial charge on any atom is -0.326 e. The van der Waals surface area contributed by atoms with Crippen LogP contribution in [0.15, 0.2) is 103 Å². The molecule has 2 N–H and O–H groups in total. The molecule has 0 saturated heterocycles. The number of aromatic nitrogens is 2. The number of fused-ring (bicyclic) bond motifs is 1. The monoisotopic (exact) mass is 663 g/mol. The largest absolute Gasteiger partial charge is 0.326 e. The smallest absolute Gasteiger partial charge is 0.264 e. The Kier molecular flexibility index (Phi) is 10.4. The Labute approximate surface area is 282 Å². The van der Waals surface area contributed by atoms with Gasteiger partial charge in [0.1, 0.15) is 5.65 Å². The topological polar surface area (TPSA) is 118 Å². The van der Waals surface area contributed by atoms with Gasteiger partial charge < -0.3 is 9.72 Å². The fraction of sp³-hybridized carbons (Fsp3) is 0.256. The Morgan fingerprint density at radius 1 is 0.958 bits per heavy atom. The van der Waals surface area contributed by atoms with Gasteiger partial charge in [-0.1, -0.05) is 93.6 Å². The zero-order chi connectivity index (χ0) is 34.5. The molecule has 5 rings (SSSR count). The SMILES string of the molecule is Cc1ccn2cc(-c3ccc(NC(=O)C(Cc4ccc(C(=O)CCCS(=O)(=O)O)cc4)c4ccc(/C=C/C(C)(C)C)cc4)cc3)nc2c1. The predicted octanol–water partition coefficient (Wildman–Crippen LogP) is 8.18. The van der Waals surface area contributed by atoms with E-state index in [4.69, 9.17) is 9.54 Å². The van der Waals surface area contributed by atoms with Crippen molar-refractivity contribution >= 4 is 39.2 Å². The lowest BCUT2D eigenvalue weighted by atomic mass is 9.89. The van der Waals surface area contributed by atoms with Crippen LogP contribution in [-0.2, 0) is 21.3 Å². The molecular weight excluding hydrogens is 623 g/mol. The highest BCUT2D eigenvalue weighted by atomic mass is 32.2. The molecule has 0 fully saturated rings. The van der Waals surface area contributed by atoms with E-state index in [1.54, 1.807) is 12.1 Å². The lowest BCUT2D eigenvalue weighted by Crippen LogP contribution is -2.23. The van der Waals surface area contributed by atoms with E-state index in [0.29, 0.717) is 17.7 Å². The second-order valence-corrected chi connectivity index (χ2v) is 14.9. The van der Waals surface area contributed by atoms with Crippen molar-refractivity contribution in [1.82, 2.24) is 9.38 Å². The lowest BCUT2D eigenvalue weighted by molar-refractivity contribution is -0.117. The normalized spacial score (nSPS) is 12.8. The van der Waals surface area contributed by atoms with E-state index in [0.717, 1.165) is 39.2 Å². The van der Waals surface area contributed by atoms with E-state index < -0.39 is 21.8 Å². The quantitative estimate of drug-likeness (QED) is 0.103. The molecule has 1 atom stereocenters. The van der Waals surface area contributed by atoms with Gasteiger partial charge in [-0.15, -0.1) is 0 Å². The van der Waals surface area contributed by atoms with Crippen LogP contribution in [0.2, 0.25) is 0 Å². The van der Waals surface area contributed by atoms with E-state index in [-0.39, 0.29) is 29.9 Å². The fourth-order valence-corrected chi connectivity index (χ4v) is 5.86. The molecular formula is C39H41N3O5S. The Hall–Kier alpha value is -4.86. The third kappa shape index (κ3) is 9.59. The average Bonchev–Trinajstić information content (AvgIpc) is 3.46. The maximum atomic E-state index is 13.9. The molecule has 3 aromatic carbocycles. The molecule has 0 aliphatic rings. The molecule has 48 heavy (non-hydrogen) atoms. The Morgan fingerprint density at radius 3 is 2.29 bits per heavy atom. The van der Waals surface area contributed by atoms with Crippen molar-refractivity contribution in [2.75, 3.05) is 11.1 Å². The zero-order valence-corrected chi connectivity index (χ0v) is 28.5. The second-order valence-electron chi connectivity index (χ2n) is 13.3. The van der Waals surface area contributed by atoms with Crippen molar-refractivity contribution in [3.05, 3.63) is 131 Å². The number of allylic oxidation sites excluding steroid dienone is 1. The summed E-state index contributed by atoms with van der Waals surface area (Å²) in [5.41, 5.74) is 7.75. The van der Waals surface area contributed by atoms with E-state index in [1.807, 2.05) is 96.5 Å². The summed E-state index contributed by atoms with van der Waals surface area (Å²) in [5.74, 6) is -1.33. The zero-order valence-electron chi connectivity index (χ0n) is 27.7. The lowest BCUT2D eigenvalue weighted by Gasteiger charge is -2.18. The second kappa shape index (κ2) is 14.5. The highest BCUT2D eigenvalue weighted by Crippen LogP contribution is 2.27. The minimum absolute atomic E-state index is 0.00971. The van der Waals surface area contributed by atoms with Crippen LogP contribution in [0, 0.1) is 12.3 Å². The van der Waals surface area contributed by atoms with Gasteiger partial charge in [0.15, 0.2) is 5.78 Å². The Morgan fingerprint density at radius 2 is 1.65 bits per heavy atom. The summed E-state index contributed by atoms with van der Waals surface area (Å²) >= 11 is 0. The summed E-state index contributed by atoms with van der Waals surface area (Å²) in [6.07, 6.45) is 8.65. The van der Waals surface area contributed by atoms with Gasteiger partial charge in [0.25, 0.3) is 10.1 Å². The minimum atomic E-state index is -4.11. The standard InChI is InChI=1S/C39H41N3O5S/c1-27-20-22-42-26-35(41-37(42)24-27)31-15-17-33(18-16-31)40-38(44)34(30-11-7-28(8-12-30)19-21-39(2,3)4)25-29-9-13-32(14-10-29)36(43)6-5-23-48(45,46)47/h7-22,24,26,34H,5-6,23,25H2,1-4H3,(H,40,44)(H,45,46,47)/b21-19+. The molecule has 1 amide bonds. The van der Waals surface area contributed by atoms with Gasteiger partial charge in [-0.2, -0.15) is 8.42 Å². The molecule has 5 aromatic rings. The van der Waals surface area contributed by atoms with Crippen LogP contribution in [0.3, 0.4) is 0 Å². The number of hydrogen-bond acceptors (Lipinski definition) is 5. The average molecular weight is 664 g/mol. The van der Waals surface area contributed by atoms with Gasteiger partial charge in [-0.05, 0) is 71.7 Å². The van der Waals surface area contributed by atoms with Gasteiger partial charge in [0.2, 0.25) is 5.91 Å². The highest BCUT2D eigenvalue weighted by Gasteiger charge is 2.22. The van der Waals surface area contributed by atoms with Crippen LogP contribution in [0.4, 0.5) is 5.69 Å². The van der Waals surface area contributed by atoms with Crippen LogP contribution in [0.1, 0.15) is 72.1 Å². The number of benzene rings is 3. The van der Waals surface area contributed by atoms with Gasteiger partial charge in [-0.3, -0.25) is 14.1 Å². The predicted molar refractivity (Wildman–Crippen MR) is 192 cm³/mol. The number of nitrogens with one attached hydrogen (secondary N) is 1. The molecule has 0 radical (unpaired) electrons. The number of anilines is 1. The van der Waals surface area contributed by atoms with Gasteiger partial charge in [0, 0.05) is 35.6 Å². The molecule has 1 unspecified atom stereocenters. The molecule has 0 saturated carbocycles. The number of amides is 1. The molecule has 8 nitrogen and oxygen atoms in total. The first-order chi connectivity index (χ1) is 22.7. The molecule has 248 valence electrons. The first kappa shape index (κ1) is 34.5. The molecule has 0 bridgehead atoms. The van der Waals surface area contributed by atoms with E-state index >= 15 is 0 Å². The van der Waals surface area contributed by atoms with E-state index in [2.05, 4.69) is 38.2 Å². The first-order valence-electron chi connectivity index (χ1n) is 16.0. The van der Waals surface area contributed by atoms with Crippen molar-refractivity contribution in [2.45, 2.75) is 52.9 Å². The summed E-state index contributed by atoms with van der Waals surface area (Å²) in [4.78, 5) is 31.2. The maximum Gasteiger partial charge on any atom is 0.264 e. The Bertz CT molecular complexity index is 2040. The Balaban J connectivity index is 1.33. The van der Waals surface area contributed by atoms with Gasteiger partial charge in [0.05, 0.1) is 17.4 Å². The van der Waals surface area contributed by atoms with Crippen molar-refractivity contribution < 1.29 is 22.6 Å². The number of Topliss-reactive ketones (excluding diaryl/α,β-unsaturated/α-hetero) is 1. The van der Waals surface area contributed by atoms with Crippen LogP contribution >= 0.6 is 0 Å². The number of hydrogen-bond donors (Lipinski definition) is 2. The molecule has 2 heterocycles. The maximum absolute atomic E-state index is 13.9. The van der Waals surface area contributed by atoms with Crippen LogP contribution in [-0.4, -0.2) is 39.8 Å². The van der Waals surface area contributed by atoms with Crippen molar-refractivity contribution in [3.63, 3.8) is 0 Å².